The highest BCUT2D eigenvalue weighted by Gasteiger charge is 2.15. The highest BCUT2D eigenvalue weighted by atomic mass is 79.9. The Bertz CT molecular complexity index is 591. The van der Waals surface area contributed by atoms with Crippen LogP contribution in [0, 0.1) is 6.92 Å². The van der Waals surface area contributed by atoms with Gasteiger partial charge in [0.1, 0.15) is 0 Å². The molecule has 2 aromatic rings. The van der Waals surface area contributed by atoms with Gasteiger partial charge in [0.05, 0.1) is 4.88 Å². The molecule has 1 nitrogen and oxygen atoms in total. The monoisotopic (exact) mass is 358 g/mol. The minimum absolute atomic E-state index is 0.268. The van der Waals surface area contributed by atoms with Crippen molar-refractivity contribution >= 4 is 54.7 Å². The molecule has 1 heterocycles. The van der Waals surface area contributed by atoms with Gasteiger partial charge in [-0.2, -0.15) is 0 Å². The van der Waals surface area contributed by atoms with Crippen LogP contribution >= 0.6 is 38.9 Å². The summed E-state index contributed by atoms with van der Waals surface area (Å²) >= 11 is 11.0. The molecule has 0 spiro atoms. The van der Waals surface area contributed by atoms with Gasteiger partial charge in [-0.1, -0.05) is 34.0 Å². The fraction of sp³-hybridized carbons (Fsp3) is 0.400. The second-order valence-electron chi connectivity index (χ2n) is 4.62. The van der Waals surface area contributed by atoms with Crippen LogP contribution in [-0.2, 0) is 0 Å². The normalized spacial score (nSPS) is 11.1. The van der Waals surface area contributed by atoms with Crippen LogP contribution in [0.25, 0.3) is 10.1 Å². The molecule has 0 atom stereocenters. The summed E-state index contributed by atoms with van der Waals surface area (Å²) in [6.45, 7) is 2.01. The van der Waals surface area contributed by atoms with E-state index in [0.29, 0.717) is 6.42 Å². The van der Waals surface area contributed by atoms with Crippen molar-refractivity contribution in [1.29, 1.82) is 0 Å². The average molecular weight is 360 g/mol. The smallest absolute Gasteiger partial charge is 0.173 e. The Labute approximate surface area is 131 Å². The summed E-state index contributed by atoms with van der Waals surface area (Å²) in [7, 11) is 0. The zero-order chi connectivity index (χ0) is 13.8. The number of benzene rings is 1. The topological polar surface area (TPSA) is 17.1 Å². The van der Waals surface area contributed by atoms with E-state index < -0.39 is 0 Å². The molecule has 102 valence electrons. The number of alkyl halides is 1. The maximum Gasteiger partial charge on any atom is 0.173 e. The van der Waals surface area contributed by atoms with Gasteiger partial charge in [0.25, 0.3) is 0 Å². The maximum absolute atomic E-state index is 12.2. The van der Waals surface area contributed by atoms with Gasteiger partial charge in [-0.15, -0.1) is 11.3 Å². The Kier molecular flexibility index (Phi) is 5.43. The molecule has 0 aliphatic rings. The lowest BCUT2D eigenvalue weighted by Gasteiger charge is -1.99. The summed E-state index contributed by atoms with van der Waals surface area (Å²) in [6.07, 6.45) is 3.86. The first-order valence-electron chi connectivity index (χ1n) is 6.41. The van der Waals surface area contributed by atoms with Crippen molar-refractivity contribution in [1.82, 2.24) is 0 Å². The van der Waals surface area contributed by atoms with E-state index in [0.717, 1.165) is 50.1 Å². The van der Waals surface area contributed by atoms with E-state index in [-0.39, 0.29) is 5.78 Å². The predicted octanol–water partition coefficient (Wildman–Crippen LogP) is 6.00. The minimum Gasteiger partial charge on any atom is -0.293 e. The number of halogens is 2. The molecule has 1 aromatic heterocycles. The highest BCUT2D eigenvalue weighted by molar-refractivity contribution is 9.09. The summed E-state index contributed by atoms with van der Waals surface area (Å²) in [6, 6.07) is 5.82. The molecule has 0 unspecified atom stereocenters. The predicted molar refractivity (Wildman–Crippen MR) is 88.2 cm³/mol. The SMILES string of the molecule is Cc1c(C(=O)CCCCCBr)sc2ccc(Cl)cc12. The zero-order valence-corrected chi connectivity index (χ0v) is 14.0. The van der Waals surface area contributed by atoms with Gasteiger partial charge in [-0.05, 0) is 48.9 Å². The van der Waals surface area contributed by atoms with E-state index in [1.165, 1.54) is 0 Å². The molecule has 1 aromatic carbocycles. The van der Waals surface area contributed by atoms with Crippen molar-refractivity contribution in [3.05, 3.63) is 33.7 Å². The zero-order valence-electron chi connectivity index (χ0n) is 10.8. The third-order valence-corrected chi connectivity index (χ3v) is 5.30. The number of thiophene rings is 1. The van der Waals surface area contributed by atoms with Gasteiger partial charge in [0, 0.05) is 21.5 Å². The summed E-state index contributed by atoms with van der Waals surface area (Å²) in [4.78, 5) is 13.1. The molecule has 0 bridgehead atoms. The number of carbonyl (C=O) groups is 1. The molecule has 4 heteroatoms. The van der Waals surface area contributed by atoms with Crippen molar-refractivity contribution in [3.63, 3.8) is 0 Å². The number of unbranched alkanes of at least 4 members (excludes halogenated alkanes) is 2. The van der Waals surface area contributed by atoms with E-state index in [1.807, 2.05) is 25.1 Å². The van der Waals surface area contributed by atoms with Crippen LogP contribution in [0.5, 0.6) is 0 Å². The Morgan fingerprint density at radius 2 is 2.11 bits per heavy atom. The van der Waals surface area contributed by atoms with Crippen LogP contribution in [0.2, 0.25) is 5.02 Å². The molecule has 2 rings (SSSR count). The lowest BCUT2D eigenvalue weighted by atomic mass is 10.1. The van der Waals surface area contributed by atoms with E-state index in [2.05, 4.69) is 15.9 Å². The quantitative estimate of drug-likeness (QED) is 0.351. The van der Waals surface area contributed by atoms with E-state index in [9.17, 15) is 4.79 Å². The van der Waals surface area contributed by atoms with Crippen molar-refractivity contribution in [2.45, 2.75) is 32.6 Å². The summed E-state index contributed by atoms with van der Waals surface area (Å²) in [5.41, 5.74) is 1.08. The summed E-state index contributed by atoms with van der Waals surface area (Å²) < 4.78 is 1.14. The first-order valence-corrected chi connectivity index (χ1v) is 8.73. The number of ketones is 1. The van der Waals surface area contributed by atoms with E-state index in [1.54, 1.807) is 11.3 Å². The van der Waals surface area contributed by atoms with Crippen LogP contribution < -0.4 is 0 Å². The molecule has 0 fully saturated rings. The third-order valence-electron chi connectivity index (χ3n) is 3.19. The van der Waals surface area contributed by atoms with Gasteiger partial charge in [-0.25, -0.2) is 0 Å². The average Bonchev–Trinajstić information content (AvgIpc) is 2.72. The standard InChI is InChI=1S/C15H16BrClOS/c1-10-12-9-11(17)6-7-14(12)19-15(10)13(18)5-3-2-4-8-16/h6-7,9H,2-5,8H2,1H3. The van der Waals surface area contributed by atoms with Crippen LogP contribution in [0.4, 0.5) is 0 Å². The molecule has 0 radical (unpaired) electrons. The van der Waals surface area contributed by atoms with Crippen molar-refractivity contribution in [2.75, 3.05) is 5.33 Å². The van der Waals surface area contributed by atoms with Crippen LogP contribution in [0.15, 0.2) is 18.2 Å². The van der Waals surface area contributed by atoms with Gasteiger partial charge in [0.2, 0.25) is 0 Å². The molecule has 19 heavy (non-hydrogen) atoms. The Balaban J connectivity index is 2.16. The number of aryl methyl sites for hydroxylation is 1. The second-order valence-corrected chi connectivity index (χ2v) is 6.90. The number of Topliss-reactive ketones (excluding diaryl/α,β-unsaturated/α-hetero) is 1. The second kappa shape index (κ2) is 6.87. The Morgan fingerprint density at radius 3 is 2.84 bits per heavy atom. The van der Waals surface area contributed by atoms with Crippen molar-refractivity contribution in [2.24, 2.45) is 0 Å². The third kappa shape index (κ3) is 3.59. The lowest BCUT2D eigenvalue weighted by molar-refractivity contribution is 0.0983. The first kappa shape index (κ1) is 15.0. The van der Waals surface area contributed by atoms with Gasteiger partial charge < -0.3 is 0 Å². The van der Waals surface area contributed by atoms with Crippen LogP contribution in [-0.4, -0.2) is 11.1 Å². The van der Waals surface area contributed by atoms with Crippen molar-refractivity contribution in [3.8, 4) is 0 Å². The van der Waals surface area contributed by atoms with Crippen LogP contribution in [0.1, 0.15) is 40.9 Å². The largest absolute Gasteiger partial charge is 0.293 e. The van der Waals surface area contributed by atoms with Gasteiger partial charge in [-0.3, -0.25) is 4.79 Å². The molecule has 0 amide bonds. The van der Waals surface area contributed by atoms with Gasteiger partial charge >= 0.3 is 0 Å². The van der Waals surface area contributed by atoms with Crippen molar-refractivity contribution < 1.29 is 4.79 Å². The fourth-order valence-electron chi connectivity index (χ4n) is 2.13. The number of fused-ring (bicyclic) bond motifs is 1. The lowest BCUT2D eigenvalue weighted by Crippen LogP contribution is -1.98. The number of hydrogen-bond donors (Lipinski definition) is 0. The minimum atomic E-state index is 0.268. The fourth-order valence-corrected chi connectivity index (χ4v) is 3.85. The molecular weight excluding hydrogens is 344 g/mol. The molecule has 0 aliphatic carbocycles. The first-order chi connectivity index (χ1) is 9.13. The maximum atomic E-state index is 12.2. The van der Waals surface area contributed by atoms with Crippen LogP contribution in [0.3, 0.4) is 0 Å². The molecule has 0 saturated heterocycles. The van der Waals surface area contributed by atoms with E-state index in [4.69, 9.17) is 11.6 Å². The summed E-state index contributed by atoms with van der Waals surface area (Å²) in [5.74, 6) is 0.268. The number of carbonyl (C=O) groups excluding carboxylic acids is 1. The molecule has 0 saturated carbocycles. The number of rotatable bonds is 6. The molecular formula is C15H16BrClOS. The summed E-state index contributed by atoms with van der Waals surface area (Å²) in [5, 5.41) is 2.85. The number of hydrogen-bond acceptors (Lipinski definition) is 2. The highest BCUT2D eigenvalue weighted by Crippen LogP contribution is 2.33. The van der Waals surface area contributed by atoms with E-state index >= 15 is 0 Å². The molecule has 0 aliphatic heterocycles. The molecule has 0 N–H and O–H groups in total. The Hall–Kier alpha value is -0.380. The Morgan fingerprint density at radius 1 is 1.32 bits per heavy atom. The van der Waals surface area contributed by atoms with Gasteiger partial charge in [0.15, 0.2) is 5.78 Å².